The van der Waals surface area contributed by atoms with Crippen molar-refractivity contribution in [3.8, 4) is 0 Å². The van der Waals surface area contributed by atoms with Gasteiger partial charge in [-0.1, -0.05) is 26.0 Å². The molecule has 0 fully saturated rings. The fourth-order valence-electron chi connectivity index (χ4n) is 2.20. The Labute approximate surface area is 114 Å². The molecule has 3 N–H and O–H groups in total. The Hall–Kier alpha value is -1.40. The fraction of sp³-hybridized carbons (Fsp3) is 0.462. The largest absolute Gasteiger partial charge is 0.328 e. The summed E-state index contributed by atoms with van der Waals surface area (Å²) in [5.41, 5.74) is 6.03. The minimum Gasteiger partial charge on any atom is -0.328 e. The summed E-state index contributed by atoms with van der Waals surface area (Å²) in [7, 11) is -3.47. The fourth-order valence-corrected chi connectivity index (χ4v) is 3.43. The highest BCUT2D eigenvalue weighted by molar-refractivity contribution is 7.90. The van der Waals surface area contributed by atoms with Crippen molar-refractivity contribution in [2.75, 3.05) is 6.54 Å². The number of amidine groups is 1. The van der Waals surface area contributed by atoms with Crippen LogP contribution >= 0.6 is 0 Å². The van der Waals surface area contributed by atoms with E-state index in [1.807, 2.05) is 13.8 Å². The Morgan fingerprint density at radius 2 is 1.89 bits per heavy atom. The second-order valence-electron chi connectivity index (χ2n) is 4.70. The molecule has 0 radical (unpaired) electrons. The van der Waals surface area contributed by atoms with E-state index in [1.54, 1.807) is 24.3 Å². The van der Waals surface area contributed by atoms with Gasteiger partial charge in [0.15, 0.2) is 0 Å². The minimum atomic E-state index is -3.47. The number of hydrogen-bond acceptors (Lipinski definition) is 4. The summed E-state index contributed by atoms with van der Waals surface area (Å²) in [5, 5.41) is 0. The molecule has 0 saturated carbocycles. The van der Waals surface area contributed by atoms with Crippen molar-refractivity contribution in [3.63, 3.8) is 0 Å². The summed E-state index contributed by atoms with van der Waals surface area (Å²) < 4.78 is 26.5. The molecule has 104 valence electrons. The van der Waals surface area contributed by atoms with Crippen molar-refractivity contribution in [2.45, 2.75) is 37.1 Å². The van der Waals surface area contributed by atoms with Gasteiger partial charge in [-0.25, -0.2) is 8.42 Å². The first kappa shape index (κ1) is 14.0. The summed E-state index contributed by atoms with van der Waals surface area (Å²) in [4.78, 5) is 4.89. The van der Waals surface area contributed by atoms with Gasteiger partial charge in [0, 0.05) is 12.1 Å². The summed E-state index contributed by atoms with van der Waals surface area (Å²) >= 11 is 0. The van der Waals surface area contributed by atoms with Gasteiger partial charge in [-0.15, -0.1) is 0 Å². The number of nitrogens with one attached hydrogen (secondary N) is 1. The quantitative estimate of drug-likeness (QED) is 0.871. The summed E-state index contributed by atoms with van der Waals surface area (Å²) in [6, 6.07) is 6.86. The number of nitrogens with two attached hydrogens (primary N) is 1. The molecule has 0 spiro atoms. The van der Waals surface area contributed by atoms with Crippen LogP contribution in [0.2, 0.25) is 0 Å². The zero-order valence-corrected chi connectivity index (χ0v) is 12.0. The maximum Gasteiger partial charge on any atom is 0.263 e. The molecule has 1 aliphatic rings. The second-order valence-corrected chi connectivity index (χ2v) is 6.35. The van der Waals surface area contributed by atoms with Crippen molar-refractivity contribution < 1.29 is 8.42 Å². The predicted molar refractivity (Wildman–Crippen MR) is 75.7 cm³/mol. The number of benzene rings is 1. The molecule has 0 saturated heterocycles. The maximum absolute atomic E-state index is 12.0. The average Bonchev–Trinajstić information content (AvgIpc) is 2.68. The summed E-state index contributed by atoms with van der Waals surface area (Å²) in [5.74, 6) is 0.407. The van der Waals surface area contributed by atoms with Gasteiger partial charge in [0.05, 0.1) is 10.4 Å². The molecule has 5 nitrogen and oxygen atoms in total. The van der Waals surface area contributed by atoms with E-state index in [0.29, 0.717) is 17.9 Å². The molecule has 6 heteroatoms. The molecule has 2 rings (SSSR count). The van der Waals surface area contributed by atoms with Crippen LogP contribution in [-0.4, -0.2) is 26.3 Å². The zero-order valence-electron chi connectivity index (χ0n) is 11.2. The van der Waals surface area contributed by atoms with E-state index in [-0.39, 0.29) is 4.90 Å². The first-order valence-electron chi connectivity index (χ1n) is 6.40. The maximum atomic E-state index is 12.0. The van der Waals surface area contributed by atoms with Crippen molar-refractivity contribution in [2.24, 2.45) is 10.7 Å². The zero-order chi connectivity index (χ0) is 14.1. The molecular weight excluding hydrogens is 262 g/mol. The Bertz CT molecular complexity index is 596. The van der Waals surface area contributed by atoms with E-state index < -0.39 is 15.6 Å². The number of aliphatic imine (C=N–C) groups is 1. The third-order valence-corrected chi connectivity index (χ3v) is 5.11. The second kappa shape index (κ2) is 4.94. The lowest BCUT2D eigenvalue weighted by Crippen LogP contribution is -2.37. The SMILES string of the molecule is CCC(CC)(CN)N=C1NS(=O)(=O)c2ccccc21. The van der Waals surface area contributed by atoms with Crippen molar-refractivity contribution >= 4 is 15.9 Å². The van der Waals surface area contributed by atoms with Crippen molar-refractivity contribution in [1.82, 2.24) is 4.72 Å². The standard InChI is InChI=1S/C13H19N3O2S/c1-3-13(4-2,9-14)15-12-10-7-5-6-8-11(10)19(17,18)16-12/h5-8H,3-4,9,14H2,1-2H3,(H,15,16). The van der Waals surface area contributed by atoms with Gasteiger partial charge >= 0.3 is 0 Å². The normalized spacial score (nSPS) is 19.2. The Kier molecular flexibility index (Phi) is 3.64. The van der Waals surface area contributed by atoms with Crippen LogP contribution in [0.5, 0.6) is 0 Å². The first-order chi connectivity index (χ1) is 8.98. The third kappa shape index (κ3) is 2.37. The van der Waals surface area contributed by atoms with E-state index in [4.69, 9.17) is 5.73 Å². The molecule has 0 aromatic heterocycles. The highest BCUT2D eigenvalue weighted by Crippen LogP contribution is 2.26. The van der Waals surface area contributed by atoms with Crippen molar-refractivity contribution in [1.29, 1.82) is 0 Å². The van der Waals surface area contributed by atoms with Gasteiger partial charge in [-0.2, -0.15) is 0 Å². The molecule has 0 aliphatic carbocycles. The lowest BCUT2D eigenvalue weighted by atomic mass is 9.93. The molecule has 0 unspecified atom stereocenters. The average molecular weight is 281 g/mol. The Morgan fingerprint density at radius 1 is 1.26 bits per heavy atom. The van der Waals surface area contributed by atoms with E-state index in [1.165, 1.54) is 0 Å². The van der Waals surface area contributed by atoms with Crippen LogP contribution in [0.15, 0.2) is 34.2 Å². The summed E-state index contributed by atoms with van der Waals surface area (Å²) in [6.07, 6.45) is 1.54. The van der Waals surface area contributed by atoms with E-state index in [9.17, 15) is 8.42 Å². The molecule has 1 aromatic rings. The molecule has 19 heavy (non-hydrogen) atoms. The molecule has 0 amide bonds. The van der Waals surface area contributed by atoms with Crippen LogP contribution in [-0.2, 0) is 10.0 Å². The Balaban J connectivity index is 2.55. The molecule has 0 bridgehead atoms. The van der Waals surface area contributed by atoms with Crippen molar-refractivity contribution in [3.05, 3.63) is 29.8 Å². The lowest BCUT2D eigenvalue weighted by molar-refractivity contribution is 0.410. The van der Waals surface area contributed by atoms with E-state index in [2.05, 4.69) is 9.71 Å². The number of sulfonamides is 1. The van der Waals surface area contributed by atoms with Crippen LogP contribution in [0.25, 0.3) is 0 Å². The summed E-state index contributed by atoms with van der Waals surface area (Å²) in [6.45, 7) is 4.42. The van der Waals surface area contributed by atoms with Gasteiger partial charge in [0.1, 0.15) is 5.84 Å². The Morgan fingerprint density at radius 3 is 2.47 bits per heavy atom. The monoisotopic (exact) mass is 281 g/mol. The van der Waals surface area contributed by atoms with Gasteiger partial charge in [-0.05, 0) is 25.0 Å². The third-order valence-electron chi connectivity index (χ3n) is 3.71. The van der Waals surface area contributed by atoms with Crippen LogP contribution in [0.4, 0.5) is 0 Å². The smallest absolute Gasteiger partial charge is 0.263 e. The van der Waals surface area contributed by atoms with Gasteiger partial charge in [-0.3, -0.25) is 9.71 Å². The lowest BCUT2D eigenvalue weighted by Gasteiger charge is -2.25. The minimum absolute atomic E-state index is 0.284. The molecular formula is C13H19N3O2S. The van der Waals surface area contributed by atoms with E-state index >= 15 is 0 Å². The topological polar surface area (TPSA) is 84.5 Å². The van der Waals surface area contributed by atoms with Gasteiger partial charge in [0.2, 0.25) is 0 Å². The number of hydrogen-bond donors (Lipinski definition) is 2. The number of fused-ring (bicyclic) bond motifs is 1. The molecule has 0 atom stereocenters. The van der Waals surface area contributed by atoms with Crippen LogP contribution < -0.4 is 10.5 Å². The first-order valence-corrected chi connectivity index (χ1v) is 7.88. The number of rotatable bonds is 4. The molecule has 1 heterocycles. The van der Waals surface area contributed by atoms with Crippen LogP contribution in [0.1, 0.15) is 32.3 Å². The highest BCUT2D eigenvalue weighted by atomic mass is 32.2. The van der Waals surface area contributed by atoms with Crippen LogP contribution in [0, 0.1) is 0 Å². The number of nitrogens with zero attached hydrogens (tertiary/aromatic N) is 1. The van der Waals surface area contributed by atoms with Gasteiger partial charge in [0.25, 0.3) is 10.0 Å². The predicted octanol–water partition coefficient (Wildman–Crippen LogP) is 1.24. The molecule has 1 aromatic carbocycles. The molecule has 1 aliphatic heterocycles. The van der Waals surface area contributed by atoms with Crippen LogP contribution in [0.3, 0.4) is 0 Å². The van der Waals surface area contributed by atoms with Gasteiger partial charge < -0.3 is 5.73 Å². The highest BCUT2D eigenvalue weighted by Gasteiger charge is 2.33. The van der Waals surface area contributed by atoms with E-state index in [0.717, 1.165) is 12.8 Å².